The Bertz CT molecular complexity index is 419. The minimum atomic E-state index is 0.339. The van der Waals surface area contributed by atoms with Gasteiger partial charge in [0.15, 0.2) is 0 Å². The summed E-state index contributed by atoms with van der Waals surface area (Å²) in [4.78, 5) is 3.13. The van der Waals surface area contributed by atoms with Crippen molar-refractivity contribution in [3.8, 4) is 0 Å². The molecular formula is C17H27NOS. The van der Waals surface area contributed by atoms with Crippen molar-refractivity contribution in [1.82, 2.24) is 5.32 Å². The van der Waals surface area contributed by atoms with Gasteiger partial charge in [0.2, 0.25) is 0 Å². The third kappa shape index (κ3) is 3.10. The Morgan fingerprint density at radius 2 is 2.05 bits per heavy atom. The summed E-state index contributed by atoms with van der Waals surface area (Å²) in [7, 11) is 0. The van der Waals surface area contributed by atoms with Gasteiger partial charge in [-0.3, -0.25) is 0 Å². The summed E-state index contributed by atoms with van der Waals surface area (Å²) in [6.07, 6.45) is 10.3. The standard InChI is InChI=1S/C17H27NOS/c1-12(18-15-8-4-2-7-14(15)11-19)17-10-13-6-3-5-9-16(13)20-17/h10,12,14-15,18-19H,2-9,11H2,1H3. The molecule has 1 heterocycles. The van der Waals surface area contributed by atoms with Crippen molar-refractivity contribution in [2.45, 2.75) is 70.4 Å². The van der Waals surface area contributed by atoms with E-state index in [4.69, 9.17) is 0 Å². The van der Waals surface area contributed by atoms with Crippen molar-refractivity contribution in [2.24, 2.45) is 5.92 Å². The molecule has 0 aliphatic heterocycles. The average molecular weight is 293 g/mol. The van der Waals surface area contributed by atoms with Crippen LogP contribution >= 0.6 is 11.3 Å². The molecule has 2 aliphatic carbocycles. The molecule has 2 nitrogen and oxygen atoms in total. The SMILES string of the molecule is CC(NC1CCCCC1CO)c1cc2c(s1)CCCC2. The number of hydrogen-bond acceptors (Lipinski definition) is 3. The van der Waals surface area contributed by atoms with Gasteiger partial charge in [-0.25, -0.2) is 0 Å². The van der Waals surface area contributed by atoms with Crippen LogP contribution in [0.3, 0.4) is 0 Å². The quantitative estimate of drug-likeness (QED) is 0.884. The zero-order valence-corrected chi connectivity index (χ0v) is 13.3. The Kier molecular flexibility index (Phi) is 4.79. The molecule has 112 valence electrons. The van der Waals surface area contributed by atoms with E-state index >= 15 is 0 Å². The number of nitrogens with one attached hydrogen (secondary N) is 1. The van der Waals surface area contributed by atoms with Gasteiger partial charge in [-0.05, 0) is 63.0 Å². The zero-order valence-electron chi connectivity index (χ0n) is 12.5. The van der Waals surface area contributed by atoms with Crippen LogP contribution in [0.15, 0.2) is 6.07 Å². The number of hydrogen-bond donors (Lipinski definition) is 2. The van der Waals surface area contributed by atoms with E-state index in [-0.39, 0.29) is 0 Å². The fourth-order valence-electron chi connectivity index (χ4n) is 3.78. The normalized spacial score (nSPS) is 28.1. The van der Waals surface area contributed by atoms with E-state index in [9.17, 15) is 5.11 Å². The molecule has 20 heavy (non-hydrogen) atoms. The molecule has 0 aromatic carbocycles. The van der Waals surface area contributed by atoms with Gasteiger partial charge in [-0.1, -0.05) is 12.8 Å². The van der Waals surface area contributed by atoms with Crippen LogP contribution in [0, 0.1) is 5.92 Å². The largest absolute Gasteiger partial charge is 0.396 e. The molecule has 2 aliphatic rings. The number of thiophene rings is 1. The molecule has 0 radical (unpaired) electrons. The van der Waals surface area contributed by atoms with Crippen LogP contribution in [0.1, 0.15) is 66.8 Å². The summed E-state index contributed by atoms with van der Waals surface area (Å²) >= 11 is 2.02. The lowest BCUT2D eigenvalue weighted by Crippen LogP contribution is -2.41. The predicted octanol–water partition coefficient (Wildman–Crippen LogP) is 3.83. The van der Waals surface area contributed by atoms with Crippen LogP contribution in [-0.2, 0) is 12.8 Å². The number of aliphatic hydroxyl groups is 1. The highest BCUT2D eigenvalue weighted by Gasteiger charge is 2.26. The number of aryl methyl sites for hydroxylation is 2. The van der Waals surface area contributed by atoms with E-state index in [1.54, 1.807) is 10.4 Å². The Morgan fingerprint density at radius 1 is 1.25 bits per heavy atom. The second-order valence-electron chi connectivity index (χ2n) is 6.53. The maximum absolute atomic E-state index is 9.54. The Balaban J connectivity index is 1.66. The van der Waals surface area contributed by atoms with E-state index in [0.29, 0.717) is 24.6 Å². The molecule has 3 unspecified atom stereocenters. The second-order valence-corrected chi connectivity index (χ2v) is 7.69. The molecular weight excluding hydrogens is 266 g/mol. The van der Waals surface area contributed by atoms with Crippen LogP contribution in [0.25, 0.3) is 0 Å². The first-order chi connectivity index (χ1) is 9.78. The predicted molar refractivity (Wildman–Crippen MR) is 85.3 cm³/mol. The lowest BCUT2D eigenvalue weighted by atomic mass is 9.84. The van der Waals surface area contributed by atoms with E-state index in [2.05, 4.69) is 18.3 Å². The first-order valence-corrected chi connectivity index (χ1v) is 9.08. The average Bonchev–Trinajstić information content (AvgIpc) is 2.92. The highest BCUT2D eigenvalue weighted by Crippen LogP contribution is 2.34. The number of aliphatic hydroxyl groups excluding tert-OH is 1. The second kappa shape index (κ2) is 6.59. The molecule has 1 aromatic heterocycles. The molecule has 3 rings (SSSR count). The molecule has 2 N–H and O–H groups in total. The summed E-state index contributed by atoms with van der Waals surface area (Å²) in [6, 6.07) is 3.37. The van der Waals surface area contributed by atoms with E-state index in [1.165, 1.54) is 56.2 Å². The van der Waals surface area contributed by atoms with Crippen molar-refractivity contribution in [3.05, 3.63) is 21.4 Å². The Hall–Kier alpha value is -0.380. The number of fused-ring (bicyclic) bond motifs is 1. The lowest BCUT2D eigenvalue weighted by molar-refractivity contribution is 0.147. The zero-order chi connectivity index (χ0) is 13.9. The van der Waals surface area contributed by atoms with Crippen molar-refractivity contribution in [3.63, 3.8) is 0 Å². The van der Waals surface area contributed by atoms with Gasteiger partial charge in [0.05, 0.1) is 0 Å². The van der Waals surface area contributed by atoms with Gasteiger partial charge in [0, 0.05) is 28.4 Å². The molecule has 0 saturated heterocycles. The van der Waals surface area contributed by atoms with Crippen molar-refractivity contribution < 1.29 is 5.11 Å². The topological polar surface area (TPSA) is 32.3 Å². The molecule has 0 spiro atoms. The molecule has 3 atom stereocenters. The van der Waals surface area contributed by atoms with Crippen LogP contribution in [-0.4, -0.2) is 17.8 Å². The summed E-state index contributed by atoms with van der Waals surface area (Å²) in [6.45, 7) is 2.63. The Morgan fingerprint density at radius 3 is 2.85 bits per heavy atom. The van der Waals surface area contributed by atoms with Crippen molar-refractivity contribution >= 4 is 11.3 Å². The third-order valence-electron chi connectivity index (χ3n) is 5.05. The minimum absolute atomic E-state index is 0.339. The van der Waals surface area contributed by atoms with Crippen molar-refractivity contribution in [1.29, 1.82) is 0 Å². The summed E-state index contributed by atoms with van der Waals surface area (Å²) in [5, 5.41) is 13.3. The van der Waals surface area contributed by atoms with Gasteiger partial charge < -0.3 is 10.4 Å². The highest BCUT2D eigenvalue weighted by molar-refractivity contribution is 7.12. The van der Waals surface area contributed by atoms with Crippen LogP contribution < -0.4 is 5.32 Å². The summed E-state index contributed by atoms with van der Waals surface area (Å²) in [5.41, 5.74) is 1.60. The van der Waals surface area contributed by atoms with Gasteiger partial charge in [-0.2, -0.15) is 0 Å². The lowest BCUT2D eigenvalue weighted by Gasteiger charge is -2.33. The maximum Gasteiger partial charge on any atom is 0.0474 e. The molecule has 0 bridgehead atoms. The molecule has 1 fully saturated rings. The maximum atomic E-state index is 9.54. The van der Waals surface area contributed by atoms with Gasteiger partial charge >= 0.3 is 0 Å². The van der Waals surface area contributed by atoms with Crippen LogP contribution in [0.2, 0.25) is 0 Å². The van der Waals surface area contributed by atoms with Gasteiger partial charge in [0.25, 0.3) is 0 Å². The van der Waals surface area contributed by atoms with E-state index in [1.807, 2.05) is 11.3 Å². The first-order valence-electron chi connectivity index (χ1n) is 8.26. The Labute approximate surface area is 126 Å². The van der Waals surface area contributed by atoms with Gasteiger partial charge in [0.1, 0.15) is 0 Å². The summed E-state index contributed by atoms with van der Waals surface area (Å²) < 4.78 is 0. The fourth-order valence-corrected chi connectivity index (χ4v) is 5.04. The highest BCUT2D eigenvalue weighted by atomic mass is 32.1. The molecule has 1 saturated carbocycles. The summed E-state index contributed by atoms with van der Waals surface area (Å²) in [5.74, 6) is 0.459. The van der Waals surface area contributed by atoms with Crippen molar-refractivity contribution in [2.75, 3.05) is 6.61 Å². The number of rotatable bonds is 4. The molecule has 0 amide bonds. The fraction of sp³-hybridized carbons (Fsp3) is 0.765. The minimum Gasteiger partial charge on any atom is -0.396 e. The van der Waals surface area contributed by atoms with Gasteiger partial charge in [-0.15, -0.1) is 11.3 Å². The smallest absolute Gasteiger partial charge is 0.0474 e. The van der Waals surface area contributed by atoms with E-state index in [0.717, 1.165) is 0 Å². The molecule has 1 aromatic rings. The van der Waals surface area contributed by atoms with Crippen LogP contribution in [0.4, 0.5) is 0 Å². The monoisotopic (exact) mass is 293 g/mol. The molecule has 3 heteroatoms. The first kappa shape index (κ1) is 14.6. The van der Waals surface area contributed by atoms with E-state index < -0.39 is 0 Å². The van der Waals surface area contributed by atoms with Crippen LogP contribution in [0.5, 0.6) is 0 Å². The third-order valence-corrected chi connectivity index (χ3v) is 6.47.